The Labute approximate surface area is 110 Å². The second-order valence-electron chi connectivity index (χ2n) is 4.11. The van der Waals surface area contributed by atoms with Crippen molar-refractivity contribution in [3.8, 4) is 0 Å². The molecule has 4 heteroatoms. The van der Waals surface area contributed by atoms with Crippen molar-refractivity contribution in [3.63, 3.8) is 0 Å². The highest BCUT2D eigenvalue weighted by Gasteiger charge is 2.14. The molecular weight excluding hydrogens is 250 g/mol. The molecule has 0 aliphatic carbocycles. The van der Waals surface area contributed by atoms with Gasteiger partial charge in [0.2, 0.25) is 0 Å². The van der Waals surface area contributed by atoms with E-state index in [0.29, 0.717) is 12.6 Å². The molecule has 17 heavy (non-hydrogen) atoms. The Morgan fingerprint density at radius 2 is 2.00 bits per heavy atom. The van der Waals surface area contributed by atoms with Crippen molar-refractivity contribution in [3.05, 3.63) is 44.8 Å². The van der Waals surface area contributed by atoms with Gasteiger partial charge in [0.05, 0.1) is 6.10 Å². The first-order chi connectivity index (χ1) is 8.25. The van der Waals surface area contributed by atoms with E-state index in [-0.39, 0.29) is 6.10 Å². The maximum Gasteiger partial charge on any atom is 0.0636 e. The van der Waals surface area contributed by atoms with Crippen LogP contribution in [0.4, 0.5) is 0 Å². The lowest BCUT2D eigenvalue weighted by Crippen LogP contribution is -2.29. The lowest BCUT2D eigenvalue weighted by atomic mass is 10.1. The smallest absolute Gasteiger partial charge is 0.0636 e. The summed E-state index contributed by atoms with van der Waals surface area (Å²) in [5.74, 6) is 0. The molecule has 2 aromatic rings. The molecule has 0 radical (unpaired) electrons. The summed E-state index contributed by atoms with van der Waals surface area (Å²) in [4.78, 5) is 2.71. The number of aliphatic hydroxyl groups is 1. The predicted octanol–water partition coefficient (Wildman–Crippen LogP) is 3.06. The lowest BCUT2D eigenvalue weighted by Gasteiger charge is -2.17. The highest BCUT2D eigenvalue weighted by atomic mass is 32.1. The molecule has 0 aromatic carbocycles. The number of rotatable bonds is 6. The van der Waals surface area contributed by atoms with Gasteiger partial charge in [0.25, 0.3) is 0 Å². The highest BCUT2D eigenvalue weighted by molar-refractivity contribution is 7.10. The molecule has 0 fully saturated rings. The molecule has 0 aliphatic rings. The molecule has 2 unspecified atom stereocenters. The topological polar surface area (TPSA) is 32.3 Å². The molecule has 0 saturated heterocycles. The van der Waals surface area contributed by atoms with Gasteiger partial charge in [0.15, 0.2) is 0 Å². The van der Waals surface area contributed by atoms with Gasteiger partial charge in [-0.05, 0) is 29.8 Å². The van der Waals surface area contributed by atoms with Crippen LogP contribution in [0.5, 0.6) is 0 Å². The Balaban J connectivity index is 2.02. The second-order valence-corrected chi connectivity index (χ2v) is 6.12. The monoisotopic (exact) mass is 267 g/mol. The van der Waals surface area contributed by atoms with E-state index in [1.165, 1.54) is 9.75 Å². The second kappa shape index (κ2) is 6.31. The van der Waals surface area contributed by atoms with E-state index in [2.05, 4.69) is 40.3 Å². The van der Waals surface area contributed by atoms with Gasteiger partial charge >= 0.3 is 0 Å². The Kier molecular flexibility index (Phi) is 4.74. The first kappa shape index (κ1) is 12.8. The standard InChI is InChI=1S/C13H17NOS2/c1-10(15)9-14-12(13-5-3-7-17-13)8-11-4-2-6-16-11/h2-7,10,12,14-15H,8-9H2,1H3. The summed E-state index contributed by atoms with van der Waals surface area (Å²) in [6.45, 7) is 2.44. The summed E-state index contributed by atoms with van der Waals surface area (Å²) in [5.41, 5.74) is 0. The van der Waals surface area contributed by atoms with Gasteiger partial charge in [-0.25, -0.2) is 0 Å². The Morgan fingerprint density at radius 1 is 1.24 bits per heavy atom. The number of nitrogens with one attached hydrogen (secondary N) is 1. The largest absolute Gasteiger partial charge is 0.392 e. The molecule has 0 aliphatic heterocycles. The average Bonchev–Trinajstić information content (AvgIpc) is 2.96. The molecule has 0 spiro atoms. The fraction of sp³-hybridized carbons (Fsp3) is 0.385. The van der Waals surface area contributed by atoms with E-state index < -0.39 is 0 Å². The van der Waals surface area contributed by atoms with Gasteiger partial charge in [-0.15, -0.1) is 22.7 Å². The molecule has 2 atom stereocenters. The van der Waals surface area contributed by atoms with Crippen LogP contribution in [-0.4, -0.2) is 17.8 Å². The summed E-state index contributed by atoms with van der Waals surface area (Å²) < 4.78 is 0. The van der Waals surface area contributed by atoms with Crippen molar-refractivity contribution < 1.29 is 5.11 Å². The molecule has 2 heterocycles. The third kappa shape index (κ3) is 3.92. The van der Waals surface area contributed by atoms with Crippen LogP contribution in [0, 0.1) is 0 Å². The van der Waals surface area contributed by atoms with E-state index >= 15 is 0 Å². The number of hydrogen-bond donors (Lipinski definition) is 2. The minimum atomic E-state index is -0.305. The van der Waals surface area contributed by atoms with E-state index in [0.717, 1.165) is 6.42 Å². The fourth-order valence-corrected chi connectivity index (χ4v) is 3.26. The van der Waals surface area contributed by atoms with Crippen LogP contribution in [0.25, 0.3) is 0 Å². The molecule has 0 saturated carbocycles. The Morgan fingerprint density at radius 3 is 2.59 bits per heavy atom. The zero-order chi connectivity index (χ0) is 12.1. The van der Waals surface area contributed by atoms with Crippen molar-refractivity contribution >= 4 is 22.7 Å². The summed E-state index contributed by atoms with van der Waals surface area (Å²) in [6.07, 6.45) is 0.686. The summed E-state index contributed by atoms with van der Waals surface area (Å²) in [6, 6.07) is 8.78. The van der Waals surface area contributed by atoms with Gasteiger partial charge < -0.3 is 10.4 Å². The molecule has 2 aromatic heterocycles. The maximum absolute atomic E-state index is 9.37. The summed E-state index contributed by atoms with van der Waals surface area (Å²) in [7, 11) is 0. The van der Waals surface area contributed by atoms with Gasteiger partial charge in [-0.1, -0.05) is 12.1 Å². The average molecular weight is 267 g/mol. The number of aliphatic hydroxyl groups excluding tert-OH is 1. The lowest BCUT2D eigenvalue weighted by molar-refractivity contribution is 0.186. The van der Waals surface area contributed by atoms with Crippen molar-refractivity contribution in [1.29, 1.82) is 0 Å². The fourth-order valence-electron chi connectivity index (χ4n) is 1.71. The summed E-state index contributed by atoms with van der Waals surface area (Å²) >= 11 is 3.55. The molecule has 92 valence electrons. The molecule has 0 bridgehead atoms. The SMILES string of the molecule is CC(O)CNC(Cc1cccs1)c1cccs1. The quantitative estimate of drug-likeness (QED) is 0.843. The first-order valence-electron chi connectivity index (χ1n) is 5.73. The first-order valence-corrected chi connectivity index (χ1v) is 7.49. The van der Waals surface area contributed by atoms with E-state index in [9.17, 15) is 5.11 Å². The normalized spacial score (nSPS) is 14.7. The van der Waals surface area contributed by atoms with Gasteiger partial charge in [-0.2, -0.15) is 0 Å². The van der Waals surface area contributed by atoms with Crippen LogP contribution in [-0.2, 0) is 6.42 Å². The van der Waals surface area contributed by atoms with Crippen LogP contribution in [0.3, 0.4) is 0 Å². The van der Waals surface area contributed by atoms with Crippen molar-refractivity contribution in [1.82, 2.24) is 5.32 Å². The molecular formula is C13H17NOS2. The molecule has 2 rings (SSSR count). The van der Waals surface area contributed by atoms with Crippen molar-refractivity contribution in [2.45, 2.75) is 25.5 Å². The number of hydrogen-bond acceptors (Lipinski definition) is 4. The van der Waals surface area contributed by atoms with E-state index in [1.807, 2.05) is 6.92 Å². The Hall–Kier alpha value is -0.680. The number of thiophene rings is 2. The van der Waals surface area contributed by atoms with Crippen LogP contribution >= 0.6 is 22.7 Å². The van der Waals surface area contributed by atoms with Gasteiger partial charge in [0.1, 0.15) is 0 Å². The zero-order valence-corrected chi connectivity index (χ0v) is 11.4. The molecule has 2 nitrogen and oxygen atoms in total. The van der Waals surface area contributed by atoms with E-state index in [1.54, 1.807) is 22.7 Å². The molecule has 2 N–H and O–H groups in total. The summed E-state index contributed by atoms with van der Waals surface area (Å²) in [5, 5.41) is 17.0. The predicted molar refractivity (Wildman–Crippen MR) is 74.8 cm³/mol. The van der Waals surface area contributed by atoms with Crippen LogP contribution in [0.15, 0.2) is 35.0 Å². The van der Waals surface area contributed by atoms with Gasteiger partial charge in [0, 0.05) is 28.8 Å². The third-order valence-electron chi connectivity index (χ3n) is 2.53. The van der Waals surface area contributed by atoms with Crippen LogP contribution in [0.1, 0.15) is 22.7 Å². The molecule has 0 amide bonds. The van der Waals surface area contributed by atoms with Crippen LogP contribution < -0.4 is 5.32 Å². The maximum atomic E-state index is 9.37. The highest BCUT2D eigenvalue weighted by Crippen LogP contribution is 2.24. The van der Waals surface area contributed by atoms with Crippen molar-refractivity contribution in [2.24, 2.45) is 0 Å². The zero-order valence-electron chi connectivity index (χ0n) is 9.80. The Bertz CT molecular complexity index is 409. The van der Waals surface area contributed by atoms with E-state index in [4.69, 9.17) is 0 Å². The third-order valence-corrected chi connectivity index (χ3v) is 4.42. The van der Waals surface area contributed by atoms with Crippen molar-refractivity contribution in [2.75, 3.05) is 6.54 Å². The minimum absolute atomic E-state index is 0.305. The van der Waals surface area contributed by atoms with Gasteiger partial charge in [-0.3, -0.25) is 0 Å². The van der Waals surface area contributed by atoms with Crippen LogP contribution in [0.2, 0.25) is 0 Å². The minimum Gasteiger partial charge on any atom is -0.392 e.